The summed E-state index contributed by atoms with van der Waals surface area (Å²) >= 11 is 6.22. The van der Waals surface area contributed by atoms with Crippen LogP contribution < -0.4 is 14.8 Å². The number of fused-ring (bicyclic) bond motifs is 1. The Morgan fingerprint density at radius 3 is 2.56 bits per heavy atom. The molecule has 2 N–H and O–H groups in total. The lowest BCUT2D eigenvalue weighted by Gasteiger charge is -2.36. The third kappa shape index (κ3) is 5.31. The molecule has 12 heteroatoms. The van der Waals surface area contributed by atoms with Gasteiger partial charge in [0.1, 0.15) is 22.4 Å². The molecule has 1 saturated carbocycles. The van der Waals surface area contributed by atoms with Crippen LogP contribution in [-0.2, 0) is 37.3 Å². The first-order valence-corrected chi connectivity index (χ1v) is 13.6. The minimum Gasteiger partial charge on any atom is -0.486 e. The van der Waals surface area contributed by atoms with Gasteiger partial charge in [0.15, 0.2) is 5.15 Å². The molecule has 4 rings (SSSR count). The average molecular weight is 539 g/mol. The molecule has 0 radical (unpaired) electrons. The van der Waals surface area contributed by atoms with Gasteiger partial charge in [-0.05, 0) is 58.2 Å². The number of aromatic nitrogens is 2. The number of hydrogen-bond donors (Lipinski definition) is 1. The Bertz CT molecular complexity index is 1300. The first-order valence-electron chi connectivity index (χ1n) is 11.8. The molecule has 1 atom stereocenters. The number of sulfonamides is 1. The van der Waals surface area contributed by atoms with E-state index < -0.39 is 39.0 Å². The Morgan fingerprint density at radius 2 is 2.00 bits per heavy atom. The van der Waals surface area contributed by atoms with Crippen molar-refractivity contribution in [2.75, 3.05) is 10.8 Å². The average Bonchev–Trinajstić information content (AvgIpc) is 3.45. The van der Waals surface area contributed by atoms with Crippen molar-refractivity contribution in [2.24, 2.45) is 11.1 Å². The highest BCUT2D eigenvalue weighted by atomic mass is 35.5. The highest BCUT2D eigenvalue weighted by molar-refractivity contribution is 7.93. The van der Waals surface area contributed by atoms with Gasteiger partial charge in [0.25, 0.3) is 10.0 Å². The fraction of sp³-hybridized carbons (Fsp3) is 0.542. The summed E-state index contributed by atoms with van der Waals surface area (Å²) < 4.78 is 41.9. The van der Waals surface area contributed by atoms with Gasteiger partial charge >= 0.3 is 5.97 Å². The Morgan fingerprint density at radius 1 is 1.31 bits per heavy atom. The van der Waals surface area contributed by atoms with Crippen LogP contribution in [0.25, 0.3) is 0 Å². The van der Waals surface area contributed by atoms with E-state index in [1.165, 1.54) is 15.2 Å². The number of benzene rings is 1. The number of halogens is 1. The van der Waals surface area contributed by atoms with E-state index in [0.29, 0.717) is 37.1 Å². The Balaban J connectivity index is 1.71. The summed E-state index contributed by atoms with van der Waals surface area (Å²) in [5, 5.41) is 3.93. The smallest absolute Gasteiger partial charge is 0.310 e. The first-order chi connectivity index (χ1) is 16.7. The molecule has 0 bridgehead atoms. The molecule has 2 aromatic rings. The molecule has 0 spiro atoms. The molecule has 1 aromatic heterocycles. The van der Waals surface area contributed by atoms with Crippen LogP contribution in [0.15, 0.2) is 29.3 Å². The number of aryl methyl sites for hydroxylation is 1. The molecule has 1 aliphatic heterocycles. The lowest BCUT2D eigenvalue weighted by Crippen LogP contribution is -2.45. The molecule has 1 aromatic carbocycles. The summed E-state index contributed by atoms with van der Waals surface area (Å²) in [6.07, 6.45) is 2.34. The van der Waals surface area contributed by atoms with Crippen LogP contribution in [0.2, 0.25) is 5.15 Å². The zero-order valence-electron chi connectivity index (χ0n) is 20.8. The minimum absolute atomic E-state index is 0.0405. The second kappa shape index (κ2) is 9.26. The van der Waals surface area contributed by atoms with Gasteiger partial charge in [-0.25, -0.2) is 8.42 Å². The zero-order valence-corrected chi connectivity index (χ0v) is 22.4. The van der Waals surface area contributed by atoms with Gasteiger partial charge in [0, 0.05) is 19.2 Å². The van der Waals surface area contributed by atoms with Crippen molar-refractivity contribution in [1.82, 2.24) is 9.78 Å². The standard InChI is InChI=1S/C24H31ClN4O6S/c1-5-28-14-19(21(25)27-28)36(32,33)29-13-16(12-24(8-9-24)22(26)31)34-18-7-6-15(10-17(18)29)11-20(30)35-23(2,3)4/h6-7,10,14,16H,5,8-9,11-13H2,1-4H3,(H2,26,31)/t16-/m1/s1. The predicted molar refractivity (Wildman–Crippen MR) is 133 cm³/mol. The third-order valence-electron chi connectivity index (χ3n) is 6.30. The van der Waals surface area contributed by atoms with E-state index >= 15 is 0 Å². The molecule has 1 fully saturated rings. The largest absolute Gasteiger partial charge is 0.486 e. The summed E-state index contributed by atoms with van der Waals surface area (Å²) in [6.45, 7) is 7.55. The van der Waals surface area contributed by atoms with Crippen molar-refractivity contribution >= 4 is 39.2 Å². The fourth-order valence-corrected chi connectivity index (χ4v) is 6.27. The number of primary amides is 1. The lowest BCUT2D eigenvalue weighted by molar-refractivity contribution is -0.153. The second-order valence-electron chi connectivity index (χ2n) is 10.3. The molecule has 0 unspecified atom stereocenters. The molecule has 0 saturated heterocycles. The van der Waals surface area contributed by atoms with Gasteiger partial charge in [-0.3, -0.25) is 18.6 Å². The maximum Gasteiger partial charge on any atom is 0.310 e. The highest BCUT2D eigenvalue weighted by Crippen LogP contribution is 2.51. The van der Waals surface area contributed by atoms with Crippen LogP contribution in [-0.4, -0.2) is 48.3 Å². The van der Waals surface area contributed by atoms with Crippen LogP contribution in [0, 0.1) is 5.41 Å². The normalized spacial score (nSPS) is 18.8. The summed E-state index contributed by atoms with van der Waals surface area (Å²) in [4.78, 5) is 24.3. The summed E-state index contributed by atoms with van der Waals surface area (Å²) in [5.41, 5.74) is 5.12. The van der Waals surface area contributed by atoms with Crippen molar-refractivity contribution in [1.29, 1.82) is 0 Å². The van der Waals surface area contributed by atoms with E-state index in [1.807, 2.05) is 6.92 Å². The van der Waals surface area contributed by atoms with E-state index in [1.54, 1.807) is 39.0 Å². The van der Waals surface area contributed by atoms with Crippen molar-refractivity contribution in [2.45, 2.75) is 76.5 Å². The van der Waals surface area contributed by atoms with Crippen molar-refractivity contribution in [3.8, 4) is 5.75 Å². The molecule has 2 aliphatic rings. The van der Waals surface area contributed by atoms with Gasteiger partial charge in [0.05, 0.1) is 24.1 Å². The quantitative estimate of drug-likeness (QED) is 0.510. The number of carbonyl (C=O) groups excluding carboxylic acids is 2. The number of anilines is 1. The number of ether oxygens (including phenoxy) is 2. The number of amides is 1. The fourth-order valence-electron chi connectivity index (χ4n) is 4.32. The predicted octanol–water partition coefficient (Wildman–Crippen LogP) is 3.05. The third-order valence-corrected chi connectivity index (χ3v) is 8.47. The zero-order chi connectivity index (χ0) is 26.5. The molecule has 1 amide bonds. The second-order valence-corrected chi connectivity index (χ2v) is 12.5. The van der Waals surface area contributed by atoms with Crippen LogP contribution in [0.1, 0.15) is 52.5 Å². The monoisotopic (exact) mass is 538 g/mol. The summed E-state index contributed by atoms with van der Waals surface area (Å²) in [6, 6.07) is 4.93. The van der Waals surface area contributed by atoms with Crippen LogP contribution in [0.5, 0.6) is 5.75 Å². The highest BCUT2D eigenvalue weighted by Gasteiger charge is 2.51. The molecule has 36 heavy (non-hydrogen) atoms. The van der Waals surface area contributed by atoms with Gasteiger partial charge in [-0.1, -0.05) is 17.7 Å². The number of esters is 1. The van der Waals surface area contributed by atoms with E-state index in [9.17, 15) is 18.0 Å². The lowest BCUT2D eigenvalue weighted by atomic mass is 9.96. The summed E-state index contributed by atoms with van der Waals surface area (Å²) in [5.74, 6) is -0.524. The van der Waals surface area contributed by atoms with Crippen LogP contribution in [0.4, 0.5) is 5.69 Å². The number of nitrogens with two attached hydrogens (primary N) is 1. The van der Waals surface area contributed by atoms with Crippen molar-refractivity contribution in [3.05, 3.63) is 35.1 Å². The number of carbonyl (C=O) groups is 2. The van der Waals surface area contributed by atoms with E-state index in [4.69, 9.17) is 26.8 Å². The van der Waals surface area contributed by atoms with Gasteiger partial charge in [-0.15, -0.1) is 0 Å². The molecule has 196 valence electrons. The summed E-state index contributed by atoms with van der Waals surface area (Å²) in [7, 11) is -4.15. The number of hydrogen-bond acceptors (Lipinski definition) is 7. The van der Waals surface area contributed by atoms with Gasteiger partial charge < -0.3 is 15.2 Å². The van der Waals surface area contributed by atoms with E-state index in [-0.39, 0.29) is 28.7 Å². The molecule has 10 nitrogen and oxygen atoms in total. The maximum absolute atomic E-state index is 13.8. The minimum atomic E-state index is -4.15. The molecular formula is C24H31ClN4O6S. The van der Waals surface area contributed by atoms with E-state index in [2.05, 4.69) is 5.10 Å². The maximum atomic E-state index is 13.8. The SMILES string of the molecule is CCn1cc(S(=O)(=O)N2C[C@@H](CC3(C(N)=O)CC3)Oc3ccc(CC(=O)OC(C)(C)C)cc32)c(Cl)n1. The Hall–Kier alpha value is -2.79. The van der Waals surface area contributed by atoms with Gasteiger partial charge in [0.2, 0.25) is 5.91 Å². The Kier molecular flexibility index (Phi) is 6.76. The van der Waals surface area contributed by atoms with Crippen molar-refractivity contribution < 1.29 is 27.5 Å². The Labute approximate surface area is 215 Å². The van der Waals surface area contributed by atoms with E-state index in [0.717, 1.165) is 0 Å². The van der Waals surface area contributed by atoms with Crippen molar-refractivity contribution in [3.63, 3.8) is 0 Å². The molecule has 2 heterocycles. The molecule has 1 aliphatic carbocycles. The first kappa shape index (κ1) is 26.3. The molecular weight excluding hydrogens is 508 g/mol. The van der Waals surface area contributed by atoms with Gasteiger partial charge in [-0.2, -0.15) is 5.10 Å². The van der Waals surface area contributed by atoms with Crippen LogP contribution in [0.3, 0.4) is 0 Å². The number of rotatable bonds is 8. The topological polar surface area (TPSA) is 134 Å². The number of nitrogens with zero attached hydrogens (tertiary/aromatic N) is 3. The van der Waals surface area contributed by atoms with Crippen LogP contribution >= 0.6 is 11.6 Å².